The molecule has 0 radical (unpaired) electrons. The molecule has 0 fully saturated rings. The molecule has 1 heterocycles. The zero-order valence-corrected chi connectivity index (χ0v) is 7.24. The summed E-state index contributed by atoms with van der Waals surface area (Å²) in [7, 11) is 0. The molecule has 0 unspecified atom stereocenters. The third kappa shape index (κ3) is 1.57. The number of hydrogen-bond acceptors (Lipinski definition) is 3. The van der Waals surface area contributed by atoms with Crippen LogP contribution in [0.25, 0.3) is 0 Å². The van der Waals surface area contributed by atoms with Gasteiger partial charge in [-0.2, -0.15) is 0 Å². The third-order valence-electron chi connectivity index (χ3n) is 1.06. The van der Waals surface area contributed by atoms with Gasteiger partial charge in [-0.3, -0.25) is 4.98 Å². The summed E-state index contributed by atoms with van der Waals surface area (Å²) in [5.74, 6) is 0.0504. The number of aromatic hydroxyl groups is 1. The maximum Gasteiger partial charge on any atom is 0.140 e. The van der Waals surface area contributed by atoms with Crippen LogP contribution in [0.1, 0.15) is 5.69 Å². The molecule has 0 aromatic carbocycles. The summed E-state index contributed by atoms with van der Waals surface area (Å²) in [5, 5.41) is 17.6. The number of aliphatic hydroxyl groups is 1. The highest BCUT2D eigenvalue weighted by Crippen LogP contribution is 2.16. The molecule has 0 spiro atoms. The highest BCUT2D eigenvalue weighted by Gasteiger charge is 1.99. The van der Waals surface area contributed by atoms with Crippen molar-refractivity contribution in [2.24, 2.45) is 0 Å². The Balaban J connectivity index is 3.07. The van der Waals surface area contributed by atoms with Crippen LogP contribution in [0.5, 0.6) is 5.75 Å². The molecule has 54 valence electrons. The van der Waals surface area contributed by atoms with Crippen LogP contribution in [0.2, 0.25) is 0 Å². The topological polar surface area (TPSA) is 53.4 Å². The summed E-state index contributed by atoms with van der Waals surface area (Å²) in [6, 6.07) is 1.55. The summed E-state index contributed by atoms with van der Waals surface area (Å²) in [5.41, 5.74) is 0.320. The largest absolute Gasteiger partial charge is 0.506 e. The zero-order chi connectivity index (χ0) is 7.56. The fraction of sp³-hybridized carbons (Fsp3) is 0.167. The van der Waals surface area contributed by atoms with Crippen LogP contribution in [0, 0.1) is 3.57 Å². The van der Waals surface area contributed by atoms with Gasteiger partial charge in [0.15, 0.2) is 0 Å². The Bertz CT molecular complexity index is 239. The van der Waals surface area contributed by atoms with Crippen molar-refractivity contribution in [1.82, 2.24) is 4.98 Å². The number of aliphatic hydroxyl groups excluding tert-OH is 1. The van der Waals surface area contributed by atoms with Gasteiger partial charge in [0.2, 0.25) is 0 Å². The van der Waals surface area contributed by atoms with Crippen LogP contribution in [0.4, 0.5) is 0 Å². The predicted octanol–water partition coefficient (Wildman–Crippen LogP) is 0.884. The summed E-state index contributed by atoms with van der Waals surface area (Å²) in [6.45, 7) is -0.219. The molecule has 4 heteroatoms. The van der Waals surface area contributed by atoms with Crippen LogP contribution >= 0.6 is 22.6 Å². The average Bonchev–Trinajstić information content (AvgIpc) is 1.88. The first-order valence-electron chi connectivity index (χ1n) is 2.68. The SMILES string of the molecule is OCc1ncc(I)cc1O. The predicted molar refractivity (Wildman–Crippen MR) is 44.5 cm³/mol. The van der Waals surface area contributed by atoms with E-state index in [1.807, 2.05) is 22.6 Å². The van der Waals surface area contributed by atoms with Gasteiger partial charge in [0, 0.05) is 9.77 Å². The van der Waals surface area contributed by atoms with Gasteiger partial charge in [0.1, 0.15) is 11.4 Å². The molecule has 0 saturated carbocycles. The van der Waals surface area contributed by atoms with Gasteiger partial charge in [-0.05, 0) is 28.7 Å². The quantitative estimate of drug-likeness (QED) is 0.728. The van der Waals surface area contributed by atoms with Crippen LogP contribution in [0.15, 0.2) is 12.3 Å². The Morgan fingerprint density at radius 3 is 2.80 bits per heavy atom. The second-order valence-corrected chi connectivity index (χ2v) is 3.02. The van der Waals surface area contributed by atoms with Crippen molar-refractivity contribution in [3.8, 4) is 5.75 Å². The molecule has 2 N–H and O–H groups in total. The fourth-order valence-electron chi connectivity index (χ4n) is 0.579. The first-order valence-corrected chi connectivity index (χ1v) is 3.76. The van der Waals surface area contributed by atoms with Gasteiger partial charge in [-0.25, -0.2) is 0 Å². The standard InChI is InChI=1S/C6H6INO2/c7-4-1-6(10)5(3-9)8-2-4/h1-2,9-10H,3H2. The van der Waals surface area contributed by atoms with E-state index in [1.54, 1.807) is 12.3 Å². The van der Waals surface area contributed by atoms with Crippen LogP contribution in [0.3, 0.4) is 0 Å². The van der Waals surface area contributed by atoms with Gasteiger partial charge in [-0.15, -0.1) is 0 Å². The van der Waals surface area contributed by atoms with Crippen molar-refractivity contribution >= 4 is 22.6 Å². The van der Waals surface area contributed by atoms with Gasteiger partial charge < -0.3 is 10.2 Å². The summed E-state index contributed by atoms with van der Waals surface area (Å²) in [4.78, 5) is 3.79. The minimum Gasteiger partial charge on any atom is -0.506 e. The van der Waals surface area contributed by atoms with Crippen molar-refractivity contribution < 1.29 is 10.2 Å². The van der Waals surface area contributed by atoms with Crippen molar-refractivity contribution in [3.05, 3.63) is 21.5 Å². The highest BCUT2D eigenvalue weighted by atomic mass is 127. The lowest BCUT2D eigenvalue weighted by Crippen LogP contribution is -1.89. The third-order valence-corrected chi connectivity index (χ3v) is 1.65. The summed E-state index contributed by atoms with van der Waals surface area (Å²) < 4.78 is 0.854. The first-order chi connectivity index (χ1) is 4.74. The molecule has 1 aromatic rings. The Morgan fingerprint density at radius 1 is 1.60 bits per heavy atom. The molecule has 0 aliphatic carbocycles. The lowest BCUT2D eigenvalue weighted by atomic mass is 10.3. The molecule has 0 amide bonds. The number of hydrogen-bond donors (Lipinski definition) is 2. The molecular weight excluding hydrogens is 245 g/mol. The molecular formula is C6H6INO2. The fourth-order valence-corrected chi connectivity index (χ4v) is 1.01. The van der Waals surface area contributed by atoms with Gasteiger partial charge in [0.05, 0.1) is 6.61 Å². The van der Waals surface area contributed by atoms with Gasteiger partial charge in [0.25, 0.3) is 0 Å². The Hall–Kier alpha value is -0.360. The molecule has 0 atom stereocenters. The molecule has 10 heavy (non-hydrogen) atoms. The van der Waals surface area contributed by atoms with E-state index in [4.69, 9.17) is 10.2 Å². The molecule has 0 aliphatic heterocycles. The minimum atomic E-state index is -0.219. The number of halogens is 1. The van der Waals surface area contributed by atoms with E-state index < -0.39 is 0 Å². The van der Waals surface area contributed by atoms with Crippen LogP contribution in [-0.4, -0.2) is 15.2 Å². The molecule has 0 bridgehead atoms. The van der Waals surface area contributed by atoms with Crippen LogP contribution in [-0.2, 0) is 6.61 Å². The van der Waals surface area contributed by atoms with Gasteiger partial charge >= 0.3 is 0 Å². The lowest BCUT2D eigenvalue weighted by Gasteiger charge is -1.98. The molecule has 0 saturated heterocycles. The van der Waals surface area contributed by atoms with E-state index in [0.29, 0.717) is 5.69 Å². The monoisotopic (exact) mass is 251 g/mol. The van der Waals surface area contributed by atoms with E-state index in [0.717, 1.165) is 3.57 Å². The van der Waals surface area contributed by atoms with E-state index in [2.05, 4.69) is 4.98 Å². The van der Waals surface area contributed by atoms with Crippen molar-refractivity contribution in [3.63, 3.8) is 0 Å². The van der Waals surface area contributed by atoms with E-state index in [-0.39, 0.29) is 12.4 Å². The average molecular weight is 251 g/mol. The smallest absolute Gasteiger partial charge is 0.140 e. The van der Waals surface area contributed by atoms with Gasteiger partial charge in [-0.1, -0.05) is 0 Å². The Kier molecular flexibility index (Phi) is 2.44. The molecule has 3 nitrogen and oxygen atoms in total. The maximum absolute atomic E-state index is 9.06. The van der Waals surface area contributed by atoms with E-state index in [1.165, 1.54) is 0 Å². The highest BCUT2D eigenvalue weighted by molar-refractivity contribution is 14.1. The van der Waals surface area contributed by atoms with Crippen molar-refractivity contribution in [2.75, 3.05) is 0 Å². The molecule has 1 aromatic heterocycles. The second-order valence-electron chi connectivity index (χ2n) is 1.78. The van der Waals surface area contributed by atoms with Crippen molar-refractivity contribution in [2.45, 2.75) is 6.61 Å². The maximum atomic E-state index is 9.06. The number of rotatable bonds is 1. The first kappa shape index (κ1) is 7.74. The normalized spacial score (nSPS) is 9.80. The zero-order valence-electron chi connectivity index (χ0n) is 5.08. The second kappa shape index (κ2) is 3.16. The number of aromatic nitrogens is 1. The summed E-state index contributed by atoms with van der Waals surface area (Å²) >= 11 is 2.03. The Labute approximate surface area is 71.9 Å². The molecule has 0 aliphatic rings. The molecule has 1 rings (SSSR count). The minimum absolute atomic E-state index is 0.0504. The van der Waals surface area contributed by atoms with Crippen molar-refractivity contribution in [1.29, 1.82) is 0 Å². The van der Waals surface area contributed by atoms with E-state index in [9.17, 15) is 0 Å². The van der Waals surface area contributed by atoms with Crippen LogP contribution < -0.4 is 0 Å². The number of pyridine rings is 1. The number of nitrogens with zero attached hydrogens (tertiary/aromatic N) is 1. The lowest BCUT2D eigenvalue weighted by molar-refractivity contribution is 0.270. The van der Waals surface area contributed by atoms with E-state index >= 15 is 0 Å². The Morgan fingerprint density at radius 2 is 2.30 bits per heavy atom. The summed E-state index contributed by atoms with van der Waals surface area (Å²) in [6.07, 6.45) is 1.59.